The molecular formula is C19H30N2O4. The quantitative estimate of drug-likeness (QED) is 0.691. The Morgan fingerprint density at radius 3 is 2.80 bits per heavy atom. The van der Waals surface area contributed by atoms with Crippen LogP contribution in [0.3, 0.4) is 0 Å². The summed E-state index contributed by atoms with van der Waals surface area (Å²) in [5, 5.41) is 2.95. The number of pyridine rings is 1. The molecule has 0 spiro atoms. The lowest BCUT2D eigenvalue weighted by Gasteiger charge is -2.38. The number of nitrogens with zero attached hydrogens (tertiary/aromatic N) is 1. The molecule has 1 N–H and O–H groups in total. The van der Waals surface area contributed by atoms with E-state index in [9.17, 15) is 4.79 Å². The predicted octanol–water partition coefficient (Wildman–Crippen LogP) is 3.42. The van der Waals surface area contributed by atoms with Gasteiger partial charge in [0, 0.05) is 19.3 Å². The minimum absolute atomic E-state index is 0.0762. The van der Waals surface area contributed by atoms with Crippen molar-refractivity contribution in [2.24, 2.45) is 5.92 Å². The van der Waals surface area contributed by atoms with Gasteiger partial charge in [-0.3, -0.25) is 4.79 Å². The van der Waals surface area contributed by atoms with Crippen molar-refractivity contribution in [2.45, 2.75) is 52.1 Å². The molecule has 1 aliphatic carbocycles. The molecule has 0 unspecified atom stereocenters. The van der Waals surface area contributed by atoms with E-state index in [1.807, 2.05) is 13.8 Å². The van der Waals surface area contributed by atoms with Crippen LogP contribution in [0.5, 0.6) is 5.88 Å². The summed E-state index contributed by atoms with van der Waals surface area (Å²) in [5.41, 5.74) is -0.0709. The second-order valence-corrected chi connectivity index (χ2v) is 6.51. The molecule has 0 bridgehead atoms. The molecule has 1 saturated carbocycles. The Labute approximate surface area is 150 Å². The summed E-state index contributed by atoms with van der Waals surface area (Å²) in [5.74, 6) is 0.932. The van der Waals surface area contributed by atoms with Crippen molar-refractivity contribution in [1.82, 2.24) is 4.98 Å². The summed E-state index contributed by atoms with van der Waals surface area (Å²) >= 11 is 0. The van der Waals surface area contributed by atoms with E-state index in [-0.39, 0.29) is 5.91 Å². The van der Waals surface area contributed by atoms with Crippen LogP contribution in [-0.2, 0) is 14.3 Å². The number of aromatic nitrogens is 1. The van der Waals surface area contributed by atoms with Crippen LogP contribution in [-0.4, -0.2) is 42.9 Å². The molecule has 0 aromatic carbocycles. The van der Waals surface area contributed by atoms with Crippen LogP contribution in [0.2, 0.25) is 0 Å². The Kier molecular flexibility index (Phi) is 7.65. The van der Waals surface area contributed by atoms with Crippen LogP contribution in [0.25, 0.3) is 0 Å². The third-order valence-corrected chi connectivity index (χ3v) is 4.47. The zero-order chi connectivity index (χ0) is 18.1. The van der Waals surface area contributed by atoms with Gasteiger partial charge in [0.05, 0.1) is 18.5 Å². The van der Waals surface area contributed by atoms with Crippen molar-refractivity contribution >= 4 is 11.6 Å². The molecule has 6 nitrogen and oxygen atoms in total. The van der Waals surface area contributed by atoms with Crippen molar-refractivity contribution in [2.75, 3.05) is 31.7 Å². The number of rotatable bonds is 9. The van der Waals surface area contributed by atoms with E-state index in [4.69, 9.17) is 14.2 Å². The highest BCUT2D eigenvalue weighted by atomic mass is 16.5. The Balaban J connectivity index is 1.94. The van der Waals surface area contributed by atoms with E-state index in [1.165, 1.54) is 0 Å². The molecule has 1 aromatic rings. The maximum Gasteiger partial charge on any atom is 0.256 e. The minimum Gasteiger partial charge on any atom is -0.475 e. The first-order valence-electron chi connectivity index (χ1n) is 9.21. The van der Waals surface area contributed by atoms with Crippen molar-refractivity contribution in [3.63, 3.8) is 0 Å². The van der Waals surface area contributed by atoms with Gasteiger partial charge in [-0.1, -0.05) is 13.3 Å². The first-order valence-corrected chi connectivity index (χ1v) is 9.21. The Hall–Kier alpha value is -1.66. The summed E-state index contributed by atoms with van der Waals surface area (Å²) in [6, 6.07) is 3.55. The van der Waals surface area contributed by atoms with Gasteiger partial charge in [-0.15, -0.1) is 0 Å². The van der Waals surface area contributed by atoms with E-state index in [0.29, 0.717) is 43.9 Å². The summed E-state index contributed by atoms with van der Waals surface area (Å²) in [4.78, 5) is 17.1. The zero-order valence-electron chi connectivity index (χ0n) is 15.5. The smallest absolute Gasteiger partial charge is 0.256 e. The molecule has 1 aliphatic rings. The van der Waals surface area contributed by atoms with Gasteiger partial charge in [-0.2, -0.15) is 0 Å². The van der Waals surface area contributed by atoms with Gasteiger partial charge in [-0.25, -0.2) is 4.98 Å². The van der Waals surface area contributed by atoms with E-state index < -0.39 is 5.60 Å². The molecular weight excluding hydrogens is 320 g/mol. The van der Waals surface area contributed by atoms with Gasteiger partial charge >= 0.3 is 0 Å². The molecule has 1 amide bonds. The topological polar surface area (TPSA) is 69.7 Å². The fourth-order valence-corrected chi connectivity index (χ4v) is 3.32. The molecule has 2 rings (SSSR count). The van der Waals surface area contributed by atoms with Gasteiger partial charge in [0.2, 0.25) is 5.88 Å². The van der Waals surface area contributed by atoms with Crippen LogP contribution in [0.15, 0.2) is 18.3 Å². The standard InChI is InChI=1S/C19H30N2O4/c1-4-23-11-12-24-17-9-8-16(14-20-17)21-18(22)19(25-5-2)10-6-7-15(3)13-19/h8-9,14-15H,4-7,10-13H2,1-3H3,(H,21,22)/t15-,19-/m0/s1. The third-order valence-electron chi connectivity index (χ3n) is 4.47. The average molecular weight is 350 g/mol. The lowest BCUT2D eigenvalue weighted by molar-refractivity contribution is -0.147. The van der Waals surface area contributed by atoms with Gasteiger partial charge in [0.1, 0.15) is 12.2 Å². The van der Waals surface area contributed by atoms with E-state index in [2.05, 4.69) is 17.2 Å². The Morgan fingerprint density at radius 1 is 1.32 bits per heavy atom. The Bertz CT molecular complexity index is 531. The van der Waals surface area contributed by atoms with Gasteiger partial charge < -0.3 is 19.5 Å². The Morgan fingerprint density at radius 2 is 2.16 bits per heavy atom. The predicted molar refractivity (Wildman–Crippen MR) is 96.8 cm³/mol. The average Bonchev–Trinajstić information content (AvgIpc) is 2.60. The molecule has 1 aromatic heterocycles. The lowest BCUT2D eigenvalue weighted by atomic mass is 9.78. The van der Waals surface area contributed by atoms with Crippen LogP contribution in [0, 0.1) is 5.92 Å². The summed E-state index contributed by atoms with van der Waals surface area (Å²) in [6.45, 7) is 8.24. The number of carbonyl (C=O) groups is 1. The molecule has 2 atom stereocenters. The number of nitrogens with one attached hydrogen (secondary N) is 1. The number of anilines is 1. The van der Waals surface area contributed by atoms with Crippen LogP contribution < -0.4 is 10.1 Å². The highest BCUT2D eigenvalue weighted by Crippen LogP contribution is 2.36. The number of carbonyl (C=O) groups excluding carboxylic acids is 1. The normalized spacial score (nSPS) is 23.2. The molecule has 1 fully saturated rings. The number of amides is 1. The SMILES string of the molecule is CCOCCOc1ccc(NC(=O)[C@]2(OCC)CCC[C@H](C)C2)cn1. The van der Waals surface area contributed by atoms with Crippen LogP contribution in [0.4, 0.5) is 5.69 Å². The van der Waals surface area contributed by atoms with Crippen molar-refractivity contribution in [3.8, 4) is 5.88 Å². The molecule has 1 heterocycles. The van der Waals surface area contributed by atoms with Gasteiger partial charge in [0.15, 0.2) is 0 Å². The summed E-state index contributed by atoms with van der Waals surface area (Å²) < 4.78 is 16.6. The first-order chi connectivity index (χ1) is 12.1. The molecule has 140 valence electrons. The first kappa shape index (κ1) is 19.7. The van der Waals surface area contributed by atoms with Crippen molar-refractivity contribution in [3.05, 3.63) is 18.3 Å². The largest absolute Gasteiger partial charge is 0.475 e. The van der Waals surface area contributed by atoms with E-state index in [1.54, 1.807) is 18.3 Å². The summed E-state index contributed by atoms with van der Waals surface area (Å²) in [6.07, 6.45) is 5.30. The lowest BCUT2D eigenvalue weighted by Crippen LogP contribution is -2.48. The fraction of sp³-hybridized carbons (Fsp3) is 0.684. The second-order valence-electron chi connectivity index (χ2n) is 6.51. The monoisotopic (exact) mass is 350 g/mol. The summed E-state index contributed by atoms with van der Waals surface area (Å²) in [7, 11) is 0. The second kappa shape index (κ2) is 9.73. The maximum absolute atomic E-state index is 12.8. The van der Waals surface area contributed by atoms with E-state index in [0.717, 1.165) is 25.7 Å². The zero-order valence-corrected chi connectivity index (χ0v) is 15.5. The maximum atomic E-state index is 12.8. The van der Waals surface area contributed by atoms with Crippen LogP contribution in [0.1, 0.15) is 46.5 Å². The molecule has 25 heavy (non-hydrogen) atoms. The molecule has 0 saturated heterocycles. The molecule has 6 heteroatoms. The van der Waals surface area contributed by atoms with Crippen LogP contribution >= 0.6 is 0 Å². The molecule has 0 aliphatic heterocycles. The van der Waals surface area contributed by atoms with Crippen molar-refractivity contribution in [1.29, 1.82) is 0 Å². The highest BCUT2D eigenvalue weighted by molar-refractivity contribution is 5.97. The van der Waals surface area contributed by atoms with Gasteiger partial charge in [-0.05, 0) is 45.1 Å². The van der Waals surface area contributed by atoms with Gasteiger partial charge in [0.25, 0.3) is 5.91 Å². The fourth-order valence-electron chi connectivity index (χ4n) is 3.32. The third kappa shape index (κ3) is 5.68. The minimum atomic E-state index is -0.723. The number of ether oxygens (including phenoxy) is 3. The highest BCUT2D eigenvalue weighted by Gasteiger charge is 2.42. The van der Waals surface area contributed by atoms with Crippen molar-refractivity contribution < 1.29 is 19.0 Å². The number of hydrogen-bond acceptors (Lipinski definition) is 5. The van der Waals surface area contributed by atoms with E-state index >= 15 is 0 Å². The molecule has 0 radical (unpaired) electrons. The number of hydrogen-bond donors (Lipinski definition) is 1.